The first-order valence-corrected chi connectivity index (χ1v) is 7.57. The molecule has 20 heavy (non-hydrogen) atoms. The van der Waals surface area contributed by atoms with Crippen molar-refractivity contribution < 1.29 is 9.53 Å². The normalized spacial score (nSPS) is 29.4. The van der Waals surface area contributed by atoms with Gasteiger partial charge in [-0.1, -0.05) is 0 Å². The maximum Gasteiger partial charge on any atom is 0.186 e. The second-order valence-electron chi connectivity index (χ2n) is 4.86. The number of rotatable bonds is 3. The predicted octanol–water partition coefficient (Wildman–Crippen LogP) is 1.72. The van der Waals surface area contributed by atoms with E-state index in [2.05, 4.69) is 15.8 Å². The fourth-order valence-corrected chi connectivity index (χ4v) is 2.93. The third kappa shape index (κ3) is 3.70. The van der Waals surface area contributed by atoms with Gasteiger partial charge >= 0.3 is 0 Å². The lowest BCUT2D eigenvalue weighted by Crippen LogP contribution is -2.40. The van der Waals surface area contributed by atoms with Crippen molar-refractivity contribution in [3.05, 3.63) is 11.8 Å². The Morgan fingerprint density at radius 1 is 1.65 bits per heavy atom. The molecule has 1 fully saturated rings. The fraction of sp³-hybridized carbons (Fsp3) is 0.615. The molecule has 5 nitrogen and oxygen atoms in total. The highest BCUT2D eigenvalue weighted by Crippen LogP contribution is 2.34. The standard InChI is InChI=1S/C13H18ClN3O2S/c1-2-15-13(20)17-16-6-8-7-19-11-4-3-9(14)5-10(11)12(8)18/h6-7,9-11H,2-5H2,1H3,(H2,15,17,20)/b16-6+. The van der Waals surface area contributed by atoms with Crippen LogP contribution < -0.4 is 10.7 Å². The number of nitrogens with zero attached hydrogens (tertiary/aromatic N) is 1. The Hall–Kier alpha value is -1.14. The third-order valence-corrected chi connectivity index (χ3v) is 4.05. The number of halogens is 1. The van der Waals surface area contributed by atoms with E-state index in [0.29, 0.717) is 23.7 Å². The van der Waals surface area contributed by atoms with Gasteiger partial charge in [-0.25, -0.2) is 0 Å². The third-order valence-electron chi connectivity index (χ3n) is 3.42. The Balaban J connectivity index is 1.95. The van der Waals surface area contributed by atoms with Gasteiger partial charge in [0.25, 0.3) is 0 Å². The average molecular weight is 316 g/mol. The Bertz CT molecular complexity index is 453. The van der Waals surface area contributed by atoms with E-state index in [1.165, 1.54) is 12.5 Å². The van der Waals surface area contributed by atoms with E-state index in [4.69, 9.17) is 28.6 Å². The van der Waals surface area contributed by atoms with Crippen molar-refractivity contribution in [1.29, 1.82) is 0 Å². The number of thiocarbonyl (C=S) groups is 1. The molecule has 2 rings (SSSR count). The summed E-state index contributed by atoms with van der Waals surface area (Å²) in [5.41, 5.74) is 3.10. The van der Waals surface area contributed by atoms with E-state index in [1.54, 1.807) is 0 Å². The summed E-state index contributed by atoms with van der Waals surface area (Å²) in [6, 6.07) is 0. The molecule has 1 aliphatic heterocycles. The fourth-order valence-electron chi connectivity index (χ4n) is 2.42. The molecule has 110 valence electrons. The van der Waals surface area contributed by atoms with Crippen LogP contribution in [-0.4, -0.2) is 35.1 Å². The van der Waals surface area contributed by atoms with Crippen molar-refractivity contribution in [2.24, 2.45) is 11.0 Å². The van der Waals surface area contributed by atoms with Crippen molar-refractivity contribution in [3.8, 4) is 0 Å². The maximum absolute atomic E-state index is 12.3. The summed E-state index contributed by atoms with van der Waals surface area (Å²) in [5, 5.41) is 7.32. The van der Waals surface area contributed by atoms with Crippen LogP contribution in [-0.2, 0) is 9.53 Å². The molecule has 0 saturated heterocycles. The number of carbonyl (C=O) groups is 1. The quantitative estimate of drug-likeness (QED) is 0.359. The first-order chi connectivity index (χ1) is 9.61. The summed E-state index contributed by atoms with van der Waals surface area (Å²) < 4.78 is 5.61. The predicted molar refractivity (Wildman–Crippen MR) is 82.8 cm³/mol. The van der Waals surface area contributed by atoms with Crippen LogP contribution in [0.4, 0.5) is 0 Å². The molecule has 0 radical (unpaired) electrons. The van der Waals surface area contributed by atoms with Gasteiger partial charge in [0.1, 0.15) is 6.10 Å². The number of ketones is 1. The highest BCUT2D eigenvalue weighted by molar-refractivity contribution is 7.80. The van der Waals surface area contributed by atoms with E-state index < -0.39 is 0 Å². The van der Waals surface area contributed by atoms with Crippen LogP contribution in [0.15, 0.2) is 16.9 Å². The monoisotopic (exact) mass is 315 g/mol. The van der Waals surface area contributed by atoms with E-state index in [0.717, 1.165) is 12.8 Å². The Morgan fingerprint density at radius 3 is 3.20 bits per heavy atom. The van der Waals surface area contributed by atoms with Crippen molar-refractivity contribution >= 4 is 40.9 Å². The van der Waals surface area contributed by atoms with Crippen LogP contribution in [0.2, 0.25) is 0 Å². The first-order valence-electron chi connectivity index (χ1n) is 6.72. The number of fused-ring (bicyclic) bond motifs is 1. The van der Waals surface area contributed by atoms with Crippen LogP contribution >= 0.6 is 23.8 Å². The minimum atomic E-state index is -0.154. The number of hydrogen-bond acceptors (Lipinski definition) is 4. The van der Waals surface area contributed by atoms with E-state index in [-0.39, 0.29) is 23.2 Å². The molecular formula is C13H18ClN3O2S. The van der Waals surface area contributed by atoms with Crippen LogP contribution in [0.1, 0.15) is 26.2 Å². The summed E-state index contributed by atoms with van der Waals surface area (Å²) in [6.45, 7) is 2.65. The van der Waals surface area contributed by atoms with Gasteiger partial charge in [-0.3, -0.25) is 10.2 Å². The summed E-state index contributed by atoms with van der Waals surface area (Å²) in [6.07, 6.45) is 5.28. The smallest absolute Gasteiger partial charge is 0.186 e. The molecule has 2 aliphatic rings. The lowest BCUT2D eigenvalue weighted by molar-refractivity contribution is -0.126. The highest BCUT2D eigenvalue weighted by Gasteiger charge is 2.39. The van der Waals surface area contributed by atoms with Gasteiger partial charge in [0, 0.05) is 11.9 Å². The Morgan fingerprint density at radius 2 is 2.45 bits per heavy atom. The van der Waals surface area contributed by atoms with E-state index in [1.807, 2.05) is 6.92 Å². The Labute approximate surface area is 128 Å². The number of hydrogen-bond donors (Lipinski definition) is 2. The zero-order valence-electron chi connectivity index (χ0n) is 11.3. The minimum Gasteiger partial charge on any atom is -0.496 e. The molecule has 0 aromatic heterocycles. The van der Waals surface area contributed by atoms with Gasteiger partial charge in [0.05, 0.1) is 24.0 Å². The molecule has 0 aromatic rings. The Kier molecular flexibility index (Phi) is 5.37. The largest absolute Gasteiger partial charge is 0.496 e. The van der Waals surface area contributed by atoms with Gasteiger partial charge in [0.15, 0.2) is 10.9 Å². The first kappa shape index (κ1) is 15.3. The van der Waals surface area contributed by atoms with Gasteiger partial charge in [0.2, 0.25) is 0 Å². The second kappa shape index (κ2) is 7.04. The molecule has 3 atom stereocenters. The molecule has 7 heteroatoms. The SMILES string of the molecule is CCNC(=S)N/N=C/C1=COC2CCC(Cl)CC2C1=O. The molecule has 3 unspecified atom stereocenters. The average Bonchev–Trinajstić information content (AvgIpc) is 2.42. The molecule has 0 aromatic carbocycles. The number of allylic oxidation sites excluding steroid dienone is 1. The number of nitrogens with one attached hydrogen (secondary N) is 2. The molecule has 1 heterocycles. The zero-order valence-corrected chi connectivity index (χ0v) is 12.8. The highest BCUT2D eigenvalue weighted by atomic mass is 35.5. The topological polar surface area (TPSA) is 62.7 Å². The number of carbonyl (C=O) groups excluding carboxylic acids is 1. The van der Waals surface area contributed by atoms with Crippen LogP contribution in [0.25, 0.3) is 0 Å². The van der Waals surface area contributed by atoms with Gasteiger partial charge in [-0.15, -0.1) is 11.6 Å². The molecule has 0 bridgehead atoms. The van der Waals surface area contributed by atoms with Crippen LogP contribution in [0.3, 0.4) is 0 Å². The summed E-state index contributed by atoms with van der Waals surface area (Å²) in [4.78, 5) is 12.3. The summed E-state index contributed by atoms with van der Waals surface area (Å²) in [5.74, 6) is -0.107. The lowest BCUT2D eigenvalue weighted by Gasteiger charge is -2.35. The van der Waals surface area contributed by atoms with E-state index >= 15 is 0 Å². The van der Waals surface area contributed by atoms with E-state index in [9.17, 15) is 4.79 Å². The number of hydrazone groups is 1. The lowest BCUT2D eigenvalue weighted by atomic mass is 9.80. The van der Waals surface area contributed by atoms with Gasteiger partial charge < -0.3 is 10.1 Å². The van der Waals surface area contributed by atoms with Crippen molar-refractivity contribution in [2.45, 2.75) is 37.7 Å². The molecule has 1 saturated carbocycles. The number of Topliss-reactive ketones (excluding diaryl/α,β-unsaturated/α-hetero) is 1. The maximum atomic E-state index is 12.3. The molecule has 0 spiro atoms. The molecule has 0 amide bonds. The van der Waals surface area contributed by atoms with Crippen LogP contribution in [0.5, 0.6) is 0 Å². The van der Waals surface area contributed by atoms with Crippen molar-refractivity contribution in [1.82, 2.24) is 10.7 Å². The van der Waals surface area contributed by atoms with Crippen molar-refractivity contribution in [2.75, 3.05) is 6.54 Å². The van der Waals surface area contributed by atoms with Gasteiger partial charge in [-0.2, -0.15) is 5.10 Å². The summed E-state index contributed by atoms with van der Waals surface area (Å²) >= 11 is 11.1. The second-order valence-corrected chi connectivity index (χ2v) is 5.88. The number of ether oxygens (including phenoxy) is 1. The zero-order chi connectivity index (χ0) is 14.5. The van der Waals surface area contributed by atoms with Crippen molar-refractivity contribution in [3.63, 3.8) is 0 Å². The van der Waals surface area contributed by atoms with Crippen LogP contribution in [0, 0.1) is 5.92 Å². The minimum absolute atomic E-state index is 0.0366. The molecule has 2 N–H and O–H groups in total. The summed E-state index contributed by atoms with van der Waals surface area (Å²) in [7, 11) is 0. The molecule has 1 aliphatic carbocycles. The number of alkyl halides is 1. The van der Waals surface area contributed by atoms with Gasteiger partial charge in [-0.05, 0) is 38.4 Å². The molecular weight excluding hydrogens is 298 g/mol.